The second-order valence-corrected chi connectivity index (χ2v) is 10.5. The quantitative estimate of drug-likeness (QED) is 0.651. The van der Waals surface area contributed by atoms with E-state index < -0.39 is 10.0 Å². The number of carbonyl (C=O) groups excluding carboxylic acids is 2. The highest BCUT2D eigenvalue weighted by atomic mass is 32.2. The smallest absolute Gasteiger partial charge is 0.243 e. The molecule has 2 heterocycles. The summed E-state index contributed by atoms with van der Waals surface area (Å²) in [6, 6.07) is 12.8. The first-order valence-electron chi connectivity index (χ1n) is 11.6. The number of sulfonamides is 1. The maximum absolute atomic E-state index is 13.4. The first-order chi connectivity index (χ1) is 15.8. The Kier molecular flexibility index (Phi) is 6.59. The van der Waals surface area contributed by atoms with Gasteiger partial charge in [0.25, 0.3) is 0 Å². The number of fused-ring (bicyclic) bond motifs is 2. The number of hydrogen-bond donors (Lipinski definition) is 0. The Morgan fingerprint density at radius 2 is 1.70 bits per heavy atom. The van der Waals surface area contributed by atoms with Gasteiger partial charge in [-0.1, -0.05) is 38.1 Å². The molecule has 0 aliphatic carbocycles. The van der Waals surface area contributed by atoms with Crippen LogP contribution in [0.1, 0.15) is 49.9 Å². The Morgan fingerprint density at radius 1 is 1.00 bits per heavy atom. The van der Waals surface area contributed by atoms with Crippen LogP contribution in [-0.2, 0) is 32.5 Å². The van der Waals surface area contributed by atoms with Crippen molar-refractivity contribution in [1.82, 2.24) is 9.21 Å². The molecule has 0 aromatic heterocycles. The molecule has 2 aromatic carbocycles. The van der Waals surface area contributed by atoms with Gasteiger partial charge in [0.05, 0.1) is 17.4 Å². The number of amides is 2. The molecule has 0 saturated heterocycles. The van der Waals surface area contributed by atoms with Crippen LogP contribution in [0, 0.1) is 0 Å². The number of carbonyl (C=O) groups is 2. The summed E-state index contributed by atoms with van der Waals surface area (Å²) in [4.78, 5) is 29.5. The van der Waals surface area contributed by atoms with E-state index in [1.807, 2.05) is 32.0 Å². The second kappa shape index (κ2) is 9.27. The third-order valence-electron chi connectivity index (χ3n) is 6.78. The van der Waals surface area contributed by atoms with Gasteiger partial charge in [0.1, 0.15) is 0 Å². The lowest BCUT2D eigenvalue weighted by atomic mass is 9.90. The van der Waals surface area contributed by atoms with E-state index in [1.165, 1.54) is 9.87 Å². The summed E-state index contributed by atoms with van der Waals surface area (Å²) in [5.41, 5.74) is 3.84. The third-order valence-corrected chi connectivity index (χ3v) is 8.82. The molecule has 0 spiro atoms. The minimum Gasteiger partial charge on any atom is -0.335 e. The number of nitrogens with zero attached hydrogens (tertiary/aromatic N) is 3. The number of anilines is 1. The lowest BCUT2D eigenvalue weighted by molar-refractivity contribution is -0.133. The summed E-state index contributed by atoms with van der Waals surface area (Å²) >= 11 is 0. The van der Waals surface area contributed by atoms with Crippen LogP contribution in [-0.4, -0.2) is 55.6 Å². The van der Waals surface area contributed by atoms with Gasteiger partial charge in [-0.3, -0.25) is 9.59 Å². The summed E-state index contributed by atoms with van der Waals surface area (Å²) in [7, 11) is -3.55. The Bertz CT molecular complexity index is 1170. The molecule has 2 amide bonds. The molecule has 2 aliphatic rings. The molecule has 0 saturated carbocycles. The molecule has 1 atom stereocenters. The molecule has 2 aliphatic heterocycles. The molecule has 4 rings (SSSR count). The zero-order chi connectivity index (χ0) is 23.8. The number of benzene rings is 2. The zero-order valence-electron chi connectivity index (χ0n) is 19.5. The van der Waals surface area contributed by atoms with E-state index in [0.717, 1.165) is 23.2 Å². The van der Waals surface area contributed by atoms with Gasteiger partial charge < -0.3 is 9.80 Å². The summed E-state index contributed by atoms with van der Waals surface area (Å²) in [6.45, 7) is 7.14. The molecule has 8 heteroatoms. The van der Waals surface area contributed by atoms with Crippen LogP contribution in [0.2, 0.25) is 0 Å². The van der Waals surface area contributed by atoms with Gasteiger partial charge >= 0.3 is 0 Å². The van der Waals surface area contributed by atoms with Gasteiger partial charge in [-0.05, 0) is 47.7 Å². The molecule has 176 valence electrons. The normalized spacial score (nSPS) is 17.8. The van der Waals surface area contributed by atoms with Crippen molar-refractivity contribution in [3.8, 4) is 0 Å². The minimum atomic E-state index is -3.55. The molecule has 0 fully saturated rings. The molecule has 0 bridgehead atoms. The standard InChI is InChI=1S/C25H31N3O4S/c1-4-26(5-2)33(31,32)21-10-11-23-20(16-21)13-15-28(23)25(30)17-24-22-9-7-6-8-19(22)12-14-27(24)18(3)29/h6-11,16,24H,4-5,12-15,17H2,1-3H3. The van der Waals surface area contributed by atoms with Crippen LogP contribution in [0.5, 0.6) is 0 Å². The van der Waals surface area contributed by atoms with E-state index in [1.54, 1.807) is 34.9 Å². The van der Waals surface area contributed by atoms with E-state index in [0.29, 0.717) is 32.6 Å². The average Bonchev–Trinajstić information content (AvgIpc) is 3.23. The van der Waals surface area contributed by atoms with Gasteiger partial charge in [-0.2, -0.15) is 4.31 Å². The first-order valence-corrected chi connectivity index (χ1v) is 13.0. The van der Waals surface area contributed by atoms with Crippen molar-refractivity contribution in [3.05, 3.63) is 59.2 Å². The monoisotopic (exact) mass is 469 g/mol. The van der Waals surface area contributed by atoms with Gasteiger partial charge in [-0.15, -0.1) is 0 Å². The molecule has 7 nitrogen and oxygen atoms in total. The van der Waals surface area contributed by atoms with Crippen molar-refractivity contribution in [2.24, 2.45) is 0 Å². The Balaban J connectivity index is 1.59. The Hall–Kier alpha value is -2.71. The van der Waals surface area contributed by atoms with Crippen LogP contribution in [0.4, 0.5) is 5.69 Å². The number of rotatable bonds is 6. The van der Waals surface area contributed by atoms with Gasteiger partial charge in [0.2, 0.25) is 21.8 Å². The molecular formula is C25H31N3O4S. The van der Waals surface area contributed by atoms with Crippen molar-refractivity contribution < 1.29 is 18.0 Å². The van der Waals surface area contributed by atoms with E-state index in [9.17, 15) is 18.0 Å². The second-order valence-electron chi connectivity index (χ2n) is 8.56. The lowest BCUT2D eigenvalue weighted by Gasteiger charge is -2.37. The average molecular weight is 470 g/mol. The molecule has 33 heavy (non-hydrogen) atoms. The largest absolute Gasteiger partial charge is 0.335 e. The fourth-order valence-corrected chi connectivity index (χ4v) is 6.54. The van der Waals surface area contributed by atoms with Crippen molar-refractivity contribution in [3.63, 3.8) is 0 Å². The van der Waals surface area contributed by atoms with E-state index >= 15 is 0 Å². The molecular weight excluding hydrogens is 438 g/mol. The Labute approximate surface area is 196 Å². The minimum absolute atomic E-state index is 0.0321. The van der Waals surface area contributed by atoms with E-state index in [2.05, 4.69) is 6.07 Å². The number of hydrogen-bond acceptors (Lipinski definition) is 4. The van der Waals surface area contributed by atoms with Gasteiger partial charge in [0.15, 0.2) is 0 Å². The molecule has 0 radical (unpaired) electrons. The highest BCUT2D eigenvalue weighted by Gasteiger charge is 2.34. The molecule has 1 unspecified atom stereocenters. The fraction of sp³-hybridized carbons (Fsp3) is 0.440. The summed E-state index contributed by atoms with van der Waals surface area (Å²) in [5.74, 6) is -0.0866. The van der Waals surface area contributed by atoms with Crippen molar-refractivity contribution in [2.45, 2.75) is 51.0 Å². The van der Waals surface area contributed by atoms with E-state index in [4.69, 9.17) is 0 Å². The first kappa shape index (κ1) is 23.4. The zero-order valence-corrected chi connectivity index (χ0v) is 20.3. The summed E-state index contributed by atoms with van der Waals surface area (Å²) < 4.78 is 27.2. The highest BCUT2D eigenvalue weighted by Crippen LogP contribution is 2.36. The lowest BCUT2D eigenvalue weighted by Crippen LogP contribution is -2.42. The van der Waals surface area contributed by atoms with E-state index in [-0.39, 0.29) is 29.2 Å². The topological polar surface area (TPSA) is 78.0 Å². The van der Waals surface area contributed by atoms with Gasteiger partial charge in [0, 0.05) is 38.8 Å². The fourth-order valence-electron chi connectivity index (χ4n) is 5.03. The maximum atomic E-state index is 13.4. The Morgan fingerprint density at radius 3 is 2.39 bits per heavy atom. The third kappa shape index (κ3) is 4.29. The van der Waals surface area contributed by atoms with Crippen molar-refractivity contribution >= 4 is 27.5 Å². The van der Waals surface area contributed by atoms with Crippen molar-refractivity contribution in [1.29, 1.82) is 0 Å². The van der Waals surface area contributed by atoms with Crippen LogP contribution >= 0.6 is 0 Å². The summed E-state index contributed by atoms with van der Waals surface area (Å²) in [5, 5.41) is 0. The van der Waals surface area contributed by atoms with Crippen LogP contribution in [0.25, 0.3) is 0 Å². The molecule has 0 N–H and O–H groups in total. The van der Waals surface area contributed by atoms with Gasteiger partial charge in [-0.25, -0.2) is 8.42 Å². The summed E-state index contributed by atoms with van der Waals surface area (Å²) in [6.07, 6.45) is 1.60. The predicted octanol–water partition coefficient (Wildman–Crippen LogP) is 3.14. The predicted molar refractivity (Wildman–Crippen MR) is 127 cm³/mol. The van der Waals surface area contributed by atoms with Crippen LogP contribution < -0.4 is 4.90 Å². The van der Waals surface area contributed by atoms with Crippen LogP contribution in [0.15, 0.2) is 47.4 Å². The highest BCUT2D eigenvalue weighted by molar-refractivity contribution is 7.89. The maximum Gasteiger partial charge on any atom is 0.243 e. The van der Waals surface area contributed by atoms with Crippen LogP contribution in [0.3, 0.4) is 0 Å². The SMILES string of the molecule is CCN(CC)S(=O)(=O)c1ccc2c(c1)CCN2C(=O)CC1c2ccccc2CCN1C(C)=O. The van der Waals surface area contributed by atoms with Crippen molar-refractivity contribution in [2.75, 3.05) is 31.1 Å². The molecule has 2 aromatic rings.